The number of nitriles is 1. The third-order valence-electron chi connectivity index (χ3n) is 3.08. The van der Waals surface area contributed by atoms with Gasteiger partial charge in [0, 0.05) is 28.9 Å². The lowest BCUT2D eigenvalue weighted by atomic mass is 10.1. The van der Waals surface area contributed by atoms with E-state index in [1.54, 1.807) is 30.5 Å². The quantitative estimate of drug-likeness (QED) is 0.673. The Balaban J connectivity index is 1.90. The summed E-state index contributed by atoms with van der Waals surface area (Å²) in [5.41, 5.74) is 0.811. The number of nitrogens with zero attached hydrogens (tertiary/aromatic N) is 2. The Morgan fingerprint density at radius 3 is 2.64 bits per heavy atom. The second-order valence-electron chi connectivity index (χ2n) is 4.71. The van der Waals surface area contributed by atoms with E-state index < -0.39 is 5.82 Å². The SMILES string of the molecule is CN=C(NCc1ccc(C)s1)NCc1ccc(C#N)cc1F. The highest BCUT2D eigenvalue weighted by atomic mass is 32.1. The number of aryl methyl sites for hydroxylation is 1. The topological polar surface area (TPSA) is 60.2 Å². The van der Waals surface area contributed by atoms with E-state index in [9.17, 15) is 4.39 Å². The first-order valence-corrected chi connectivity index (χ1v) is 7.62. The Kier molecular flexibility index (Phi) is 5.50. The van der Waals surface area contributed by atoms with Gasteiger partial charge < -0.3 is 10.6 Å². The number of rotatable bonds is 4. The smallest absolute Gasteiger partial charge is 0.191 e. The molecule has 114 valence electrons. The number of hydrogen-bond donors (Lipinski definition) is 2. The zero-order valence-electron chi connectivity index (χ0n) is 12.5. The van der Waals surface area contributed by atoms with E-state index in [0.29, 0.717) is 30.2 Å². The van der Waals surface area contributed by atoms with Crippen LogP contribution in [0.4, 0.5) is 4.39 Å². The van der Waals surface area contributed by atoms with Gasteiger partial charge in [0.1, 0.15) is 5.82 Å². The molecule has 2 N–H and O–H groups in total. The molecule has 0 saturated heterocycles. The monoisotopic (exact) mass is 316 g/mol. The van der Waals surface area contributed by atoms with Crippen molar-refractivity contribution >= 4 is 17.3 Å². The molecule has 0 atom stereocenters. The third-order valence-corrected chi connectivity index (χ3v) is 4.08. The van der Waals surface area contributed by atoms with Gasteiger partial charge >= 0.3 is 0 Å². The normalized spacial score (nSPS) is 11.1. The molecule has 0 radical (unpaired) electrons. The van der Waals surface area contributed by atoms with E-state index in [1.165, 1.54) is 15.8 Å². The third kappa shape index (κ3) is 4.30. The lowest BCUT2D eigenvalue weighted by Gasteiger charge is -2.11. The fraction of sp³-hybridized carbons (Fsp3) is 0.250. The van der Waals surface area contributed by atoms with Crippen LogP contribution in [0.25, 0.3) is 0 Å². The molecule has 0 aliphatic heterocycles. The van der Waals surface area contributed by atoms with Crippen molar-refractivity contribution in [1.82, 2.24) is 10.6 Å². The van der Waals surface area contributed by atoms with Crippen LogP contribution in [0.5, 0.6) is 0 Å². The van der Waals surface area contributed by atoms with Crippen molar-refractivity contribution in [3.8, 4) is 6.07 Å². The maximum atomic E-state index is 13.8. The van der Waals surface area contributed by atoms with Gasteiger partial charge in [-0.1, -0.05) is 6.07 Å². The number of hydrogen-bond acceptors (Lipinski definition) is 3. The van der Waals surface area contributed by atoms with Gasteiger partial charge in [-0.25, -0.2) is 4.39 Å². The van der Waals surface area contributed by atoms with E-state index >= 15 is 0 Å². The molecule has 22 heavy (non-hydrogen) atoms. The predicted molar refractivity (Wildman–Crippen MR) is 87.2 cm³/mol. The van der Waals surface area contributed by atoms with E-state index in [-0.39, 0.29) is 0 Å². The minimum absolute atomic E-state index is 0.306. The zero-order chi connectivity index (χ0) is 15.9. The van der Waals surface area contributed by atoms with Crippen LogP contribution in [-0.4, -0.2) is 13.0 Å². The van der Waals surface area contributed by atoms with Crippen LogP contribution in [0.3, 0.4) is 0 Å². The summed E-state index contributed by atoms with van der Waals surface area (Å²) in [7, 11) is 1.67. The molecule has 0 saturated carbocycles. The Bertz CT molecular complexity index is 715. The highest BCUT2D eigenvalue weighted by Gasteiger charge is 2.05. The summed E-state index contributed by atoms with van der Waals surface area (Å²) in [6.45, 7) is 3.05. The summed E-state index contributed by atoms with van der Waals surface area (Å²) in [6.07, 6.45) is 0. The molecular formula is C16H17FN4S. The van der Waals surface area contributed by atoms with E-state index in [4.69, 9.17) is 5.26 Å². The molecule has 1 aromatic heterocycles. The number of halogens is 1. The van der Waals surface area contributed by atoms with Crippen LogP contribution in [0.15, 0.2) is 35.3 Å². The maximum Gasteiger partial charge on any atom is 0.191 e. The number of benzene rings is 1. The standard InChI is InChI=1S/C16H17FN4S/c1-11-3-6-14(22-11)10-21-16(19-2)20-9-13-5-4-12(8-18)7-15(13)17/h3-7H,9-10H2,1-2H3,(H2,19,20,21). The van der Waals surface area contributed by atoms with Crippen LogP contribution in [0, 0.1) is 24.1 Å². The van der Waals surface area contributed by atoms with Gasteiger partial charge in [0.05, 0.1) is 18.2 Å². The molecular weight excluding hydrogens is 299 g/mol. The van der Waals surface area contributed by atoms with Crippen molar-refractivity contribution in [3.63, 3.8) is 0 Å². The molecule has 1 heterocycles. The summed E-state index contributed by atoms with van der Waals surface area (Å²) in [5.74, 6) is 0.214. The molecule has 0 unspecified atom stereocenters. The number of aliphatic imine (C=N–C) groups is 1. The Morgan fingerprint density at radius 1 is 1.27 bits per heavy atom. The molecule has 0 spiro atoms. The molecule has 6 heteroatoms. The van der Waals surface area contributed by atoms with E-state index in [0.717, 1.165) is 0 Å². The molecule has 4 nitrogen and oxygen atoms in total. The van der Waals surface area contributed by atoms with Crippen LogP contribution >= 0.6 is 11.3 Å². The van der Waals surface area contributed by atoms with Crippen molar-refractivity contribution in [3.05, 3.63) is 57.0 Å². The van der Waals surface area contributed by atoms with Gasteiger partial charge in [0.15, 0.2) is 5.96 Å². The molecule has 0 fully saturated rings. The summed E-state index contributed by atoms with van der Waals surface area (Å²) < 4.78 is 13.8. The van der Waals surface area contributed by atoms with E-state index in [2.05, 4.69) is 34.7 Å². The summed E-state index contributed by atoms with van der Waals surface area (Å²) in [6, 6.07) is 10.5. The van der Waals surface area contributed by atoms with E-state index in [1.807, 2.05) is 6.07 Å². The number of thiophene rings is 1. The Morgan fingerprint density at radius 2 is 2.05 bits per heavy atom. The van der Waals surface area contributed by atoms with Gasteiger partial charge in [-0.05, 0) is 31.2 Å². The molecule has 2 aromatic rings. The second-order valence-corrected chi connectivity index (χ2v) is 6.08. The summed E-state index contributed by atoms with van der Waals surface area (Å²) >= 11 is 1.73. The Hall–Kier alpha value is -2.39. The highest BCUT2D eigenvalue weighted by molar-refractivity contribution is 7.11. The number of nitrogens with one attached hydrogen (secondary N) is 2. The molecule has 0 bridgehead atoms. The average Bonchev–Trinajstić information content (AvgIpc) is 2.94. The summed E-state index contributed by atoms with van der Waals surface area (Å²) in [4.78, 5) is 6.59. The van der Waals surface area contributed by atoms with Crippen molar-refractivity contribution in [2.45, 2.75) is 20.0 Å². The van der Waals surface area contributed by atoms with Gasteiger partial charge in [-0.15, -0.1) is 11.3 Å². The lowest BCUT2D eigenvalue weighted by molar-refractivity contribution is 0.604. The molecule has 1 aromatic carbocycles. The van der Waals surface area contributed by atoms with Gasteiger partial charge in [0.2, 0.25) is 0 Å². The fourth-order valence-corrected chi connectivity index (χ4v) is 2.74. The first kappa shape index (κ1) is 16.0. The van der Waals surface area contributed by atoms with Crippen molar-refractivity contribution in [2.24, 2.45) is 4.99 Å². The summed E-state index contributed by atoms with van der Waals surface area (Å²) in [5, 5.41) is 15.0. The first-order valence-electron chi connectivity index (χ1n) is 6.80. The minimum Gasteiger partial charge on any atom is -0.352 e. The van der Waals surface area contributed by atoms with Gasteiger partial charge in [-0.2, -0.15) is 5.26 Å². The van der Waals surface area contributed by atoms with Gasteiger partial charge in [-0.3, -0.25) is 4.99 Å². The molecule has 0 amide bonds. The number of guanidine groups is 1. The van der Waals surface area contributed by atoms with Crippen LogP contribution < -0.4 is 10.6 Å². The zero-order valence-corrected chi connectivity index (χ0v) is 13.3. The highest BCUT2D eigenvalue weighted by Crippen LogP contribution is 2.14. The van der Waals surface area contributed by atoms with Crippen LogP contribution in [0.2, 0.25) is 0 Å². The predicted octanol–water partition coefficient (Wildman–Crippen LogP) is 2.93. The molecule has 0 aliphatic rings. The molecule has 0 aliphatic carbocycles. The van der Waals surface area contributed by atoms with Crippen LogP contribution in [-0.2, 0) is 13.1 Å². The Labute approximate surface area is 133 Å². The van der Waals surface area contributed by atoms with Crippen molar-refractivity contribution < 1.29 is 4.39 Å². The van der Waals surface area contributed by atoms with Gasteiger partial charge in [0.25, 0.3) is 0 Å². The maximum absolute atomic E-state index is 13.8. The van der Waals surface area contributed by atoms with Crippen molar-refractivity contribution in [1.29, 1.82) is 5.26 Å². The average molecular weight is 316 g/mol. The van der Waals surface area contributed by atoms with Crippen molar-refractivity contribution in [2.75, 3.05) is 7.05 Å². The first-order chi connectivity index (χ1) is 10.6. The van der Waals surface area contributed by atoms with Crippen LogP contribution in [0.1, 0.15) is 20.9 Å². The second kappa shape index (κ2) is 7.57. The largest absolute Gasteiger partial charge is 0.352 e. The molecule has 2 rings (SSSR count). The minimum atomic E-state index is -0.393. The fourth-order valence-electron chi connectivity index (χ4n) is 1.91. The lowest BCUT2D eigenvalue weighted by Crippen LogP contribution is -2.36.